The van der Waals surface area contributed by atoms with E-state index in [1.54, 1.807) is 23.5 Å². The number of benzene rings is 1. The number of nitrogens with zero attached hydrogens (tertiary/aromatic N) is 1. The zero-order valence-electron chi connectivity index (χ0n) is 27.5. The second-order valence-electron chi connectivity index (χ2n) is 12.1. The number of hydrogen-bond acceptors (Lipinski definition) is 7. The van der Waals surface area contributed by atoms with Gasteiger partial charge in [-0.25, -0.2) is 8.42 Å². The summed E-state index contributed by atoms with van der Waals surface area (Å²) < 4.78 is 51.1. The van der Waals surface area contributed by atoms with Gasteiger partial charge < -0.3 is 18.8 Å². The van der Waals surface area contributed by atoms with Gasteiger partial charge in [0.15, 0.2) is 12.5 Å². The van der Waals surface area contributed by atoms with Crippen LogP contribution in [0.5, 0.6) is 0 Å². The van der Waals surface area contributed by atoms with E-state index in [1.165, 1.54) is 115 Å². The molecule has 3 rings (SSSR count). The molecule has 1 fully saturated rings. The summed E-state index contributed by atoms with van der Waals surface area (Å²) in [5, 5.41) is 2.13. The van der Waals surface area contributed by atoms with Crippen LogP contribution < -0.4 is 4.57 Å². The first kappa shape index (κ1) is 38.8. The number of hydrogen-bond donors (Lipinski definition) is 0. The van der Waals surface area contributed by atoms with Gasteiger partial charge in [-0.2, -0.15) is 4.57 Å². The summed E-state index contributed by atoms with van der Waals surface area (Å²) in [5.74, 6) is 0. The average molecular weight is 654 g/mol. The number of unbranched alkanes of at least 4 members (excludes halogenated alkanes) is 15. The fourth-order valence-corrected chi connectivity index (χ4v) is 6.33. The third-order valence-corrected chi connectivity index (χ3v) is 9.47. The molecule has 1 aromatic carbocycles. The molecule has 252 valence electrons. The van der Waals surface area contributed by atoms with E-state index in [0.717, 1.165) is 31.6 Å². The van der Waals surface area contributed by atoms with Crippen LogP contribution in [-0.4, -0.2) is 45.2 Å². The van der Waals surface area contributed by atoms with Crippen LogP contribution >= 0.6 is 11.3 Å². The van der Waals surface area contributed by atoms with E-state index in [1.807, 2.05) is 6.92 Å². The molecule has 2 heterocycles. The molecule has 9 heteroatoms. The SMILES string of the molecule is CCCCCCCCCCCCCCC[C@H]1OC[C@H](COCCCCCC[n+]2ccsc2)O1.Cc1ccc(S(=O)(=O)[O-])cc1. The van der Waals surface area contributed by atoms with E-state index in [-0.39, 0.29) is 17.3 Å². The Hall–Kier alpha value is -1.36. The Morgan fingerprint density at radius 3 is 2.05 bits per heavy atom. The number of ether oxygens (including phenoxy) is 3. The fraction of sp³-hybridized carbons (Fsp3) is 0.743. The first-order valence-electron chi connectivity index (χ1n) is 17.2. The lowest BCUT2D eigenvalue weighted by Gasteiger charge is -2.12. The maximum Gasteiger partial charge on any atom is 0.224 e. The molecule has 0 aliphatic carbocycles. The lowest BCUT2D eigenvalue weighted by molar-refractivity contribution is -0.692. The predicted octanol–water partition coefficient (Wildman–Crippen LogP) is 8.73. The highest BCUT2D eigenvalue weighted by atomic mass is 32.2. The van der Waals surface area contributed by atoms with Gasteiger partial charge in [0.05, 0.1) is 23.5 Å². The Labute approximate surface area is 272 Å². The van der Waals surface area contributed by atoms with E-state index in [2.05, 4.69) is 28.6 Å². The molecule has 1 aromatic heterocycles. The minimum atomic E-state index is -4.27. The molecule has 0 saturated carbocycles. The topological polar surface area (TPSA) is 88.8 Å². The van der Waals surface area contributed by atoms with Crippen molar-refractivity contribution in [2.45, 2.75) is 153 Å². The number of thiazole rings is 1. The standard InChI is InChI=1S/C28H52NO3S.C7H8O3S/c1-2-3-4-5-6-7-8-9-10-11-12-13-16-19-28-31-25-27(32-28)24-30-22-18-15-14-17-20-29-21-23-33-26-29;1-6-2-4-7(5-3-6)11(8,9)10/h21,23,26-28H,2-20,22,24-25H2,1H3;2-5H,1H3,(H,8,9,10)/q+1;/p-1/t27-,28-;/m0./s1. The third kappa shape index (κ3) is 19.9. The Morgan fingerprint density at radius 1 is 0.864 bits per heavy atom. The summed E-state index contributed by atoms with van der Waals surface area (Å²) >= 11 is 1.76. The number of aromatic nitrogens is 1. The van der Waals surface area contributed by atoms with Crippen LogP contribution in [0.2, 0.25) is 0 Å². The van der Waals surface area contributed by atoms with Crippen LogP contribution in [0.1, 0.15) is 128 Å². The molecule has 0 unspecified atom stereocenters. The van der Waals surface area contributed by atoms with Crippen molar-refractivity contribution in [3.05, 3.63) is 46.9 Å². The molecule has 1 aliphatic heterocycles. The minimum Gasteiger partial charge on any atom is -0.744 e. The molecular formula is C35H59NO6S2. The lowest BCUT2D eigenvalue weighted by Crippen LogP contribution is -2.29. The van der Waals surface area contributed by atoms with Gasteiger partial charge in [0, 0.05) is 13.0 Å². The molecule has 1 saturated heterocycles. The molecular weight excluding hydrogens is 595 g/mol. The molecule has 0 amide bonds. The van der Waals surface area contributed by atoms with Gasteiger partial charge in [-0.3, -0.25) is 0 Å². The van der Waals surface area contributed by atoms with Gasteiger partial charge in [-0.1, -0.05) is 119 Å². The van der Waals surface area contributed by atoms with Gasteiger partial charge in [0.1, 0.15) is 22.8 Å². The van der Waals surface area contributed by atoms with Crippen LogP contribution in [0.15, 0.2) is 46.2 Å². The van der Waals surface area contributed by atoms with Gasteiger partial charge >= 0.3 is 0 Å². The summed E-state index contributed by atoms with van der Waals surface area (Å²) in [6.45, 7) is 7.47. The van der Waals surface area contributed by atoms with E-state index in [4.69, 9.17) is 14.2 Å². The molecule has 0 N–H and O–H groups in total. The highest BCUT2D eigenvalue weighted by Crippen LogP contribution is 2.19. The second-order valence-corrected chi connectivity index (χ2v) is 14.2. The average Bonchev–Trinajstić information content (AvgIpc) is 3.69. The highest BCUT2D eigenvalue weighted by molar-refractivity contribution is 7.85. The van der Waals surface area contributed by atoms with Gasteiger partial charge in [-0.15, -0.1) is 0 Å². The quantitative estimate of drug-likeness (QED) is 0.0640. The van der Waals surface area contributed by atoms with E-state index >= 15 is 0 Å². The van der Waals surface area contributed by atoms with Gasteiger partial charge in [0.2, 0.25) is 5.51 Å². The summed E-state index contributed by atoms with van der Waals surface area (Å²) in [6, 6.07) is 5.78. The molecule has 0 bridgehead atoms. The maximum absolute atomic E-state index is 10.4. The zero-order valence-corrected chi connectivity index (χ0v) is 29.1. The zero-order chi connectivity index (χ0) is 31.7. The smallest absolute Gasteiger partial charge is 0.224 e. The summed E-state index contributed by atoms with van der Waals surface area (Å²) in [7, 11) is -4.27. The second kappa shape index (κ2) is 24.8. The van der Waals surface area contributed by atoms with Crippen molar-refractivity contribution in [3.63, 3.8) is 0 Å². The Bertz CT molecular complexity index is 1030. The van der Waals surface area contributed by atoms with Crippen molar-refractivity contribution in [1.29, 1.82) is 0 Å². The lowest BCUT2D eigenvalue weighted by atomic mass is 10.0. The van der Waals surface area contributed by atoms with Crippen molar-refractivity contribution >= 4 is 21.5 Å². The van der Waals surface area contributed by atoms with E-state index in [9.17, 15) is 13.0 Å². The van der Waals surface area contributed by atoms with Crippen LogP contribution in [0, 0.1) is 6.92 Å². The van der Waals surface area contributed by atoms with Gasteiger partial charge in [0.25, 0.3) is 0 Å². The largest absolute Gasteiger partial charge is 0.744 e. The molecule has 0 spiro atoms. The van der Waals surface area contributed by atoms with Crippen molar-refractivity contribution in [1.82, 2.24) is 0 Å². The summed E-state index contributed by atoms with van der Waals surface area (Å²) in [6.07, 6.45) is 26.4. The van der Waals surface area contributed by atoms with Gasteiger partial charge in [-0.05, 0) is 44.7 Å². The van der Waals surface area contributed by atoms with E-state index in [0.29, 0.717) is 13.2 Å². The molecule has 7 nitrogen and oxygen atoms in total. The van der Waals surface area contributed by atoms with Crippen molar-refractivity contribution < 1.29 is 31.7 Å². The molecule has 2 atom stereocenters. The molecule has 1 aliphatic rings. The number of aryl methyl sites for hydroxylation is 2. The molecule has 2 aromatic rings. The van der Waals surface area contributed by atoms with Crippen molar-refractivity contribution in [2.75, 3.05) is 19.8 Å². The minimum absolute atomic E-state index is 0.000846. The van der Waals surface area contributed by atoms with Crippen molar-refractivity contribution in [3.8, 4) is 0 Å². The monoisotopic (exact) mass is 653 g/mol. The van der Waals surface area contributed by atoms with Crippen LogP contribution in [0.25, 0.3) is 0 Å². The first-order chi connectivity index (χ1) is 21.4. The highest BCUT2D eigenvalue weighted by Gasteiger charge is 2.25. The Morgan fingerprint density at radius 2 is 1.45 bits per heavy atom. The number of rotatable bonds is 24. The normalized spacial score (nSPS) is 16.6. The van der Waals surface area contributed by atoms with Crippen LogP contribution in [-0.2, 0) is 30.9 Å². The van der Waals surface area contributed by atoms with Crippen LogP contribution in [0.4, 0.5) is 0 Å². The van der Waals surface area contributed by atoms with Crippen LogP contribution in [0.3, 0.4) is 0 Å². The van der Waals surface area contributed by atoms with Crippen molar-refractivity contribution in [2.24, 2.45) is 0 Å². The Kier molecular flexibility index (Phi) is 21.9. The predicted molar refractivity (Wildman–Crippen MR) is 178 cm³/mol. The molecule has 44 heavy (non-hydrogen) atoms. The fourth-order valence-electron chi connectivity index (χ4n) is 5.24. The maximum atomic E-state index is 10.4. The Balaban J connectivity index is 0.000000514. The molecule has 0 radical (unpaired) electrons. The first-order valence-corrected chi connectivity index (χ1v) is 19.5. The third-order valence-electron chi connectivity index (χ3n) is 7.95. The summed E-state index contributed by atoms with van der Waals surface area (Å²) in [4.78, 5) is -0.178. The summed E-state index contributed by atoms with van der Waals surface area (Å²) in [5.41, 5.74) is 3.11. The van der Waals surface area contributed by atoms with E-state index < -0.39 is 10.1 Å².